The van der Waals surface area contributed by atoms with E-state index in [-0.39, 0.29) is 42.0 Å². The van der Waals surface area contributed by atoms with Gasteiger partial charge in [0, 0.05) is 65.3 Å². The number of halogens is 3. The maximum Gasteiger partial charge on any atom is 0.219 e. The smallest absolute Gasteiger partial charge is 0.219 e. The zero-order valence-corrected chi connectivity index (χ0v) is 17.4. The fourth-order valence-electron chi connectivity index (χ4n) is 2.70. The van der Waals surface area contributed by atoms with E-state index < -0.39 is 11.6 Å². The van der Waals surface area contributed by atoms with Crippen LogP contribution in [0.25, 0.3) is 0 Å². The van der Waals surface area contributed by atoms with E-state index >= 15 is 0 Å². The van der Waals surface area contributed by atoms with Gasteiger partial charge in [-0.1, -0.05) is 0 Å². The van der Waals surface area contributed by atoms with Crippen molar-refractivity contribution >= 4 is 35.8 Å². The highest BCUT2D eigenvalue weighted by molar-refractivity contribution is 14.0. The van der Waals surface area contributed by atoms with E-state index in [2.05, 4.69) is 20.5 Å². The lowest BCUT2D eigenvalue weighted by molar-refractivity contribution is -0.130. The molecule has 0 spiro atoms. The van der Waals surface area contributed by atoms with Gasteiger partial charge in [0.25, 0.3) is 0 Å². The van der Waals surface area contributed by atoms with Crippen molar-refractivity contribution in [1.82, 2.24) is 20.4 Å². The van der Waals surface area contributed by atoms with E-state index in [1.165, 1.54) is 6.07 Å². The monoisotopic (exact) mass is 481 g/mol. The summed E-state index contributed by atoms with van der Waals surface area (Å²) in [6.07, 6.45) is 0. The van der Waals surface area contributed by atoms with E-state index in [1.807, 2.05) is 4.90 Å². The average molecular weight is 481 g/mol. The minimum absolute atomic E-state index is 0. The summed E-state index contributed by atoms with van der Waals surface area (Å²) in [6, 6.07) is 3.38. The van der Waals surface area contributed by atoms with Crippen LogP contribution in [0.5, 0.6) is 0 Å². The molecule has 1 amide bonds. The molecule has 0 aliphatic carbocycles. The Labute approximate surface area is 170 Å². The number of aliphatic imine (C=N–C) groups is 1. The van der Waals surface area contributed by atoms with Crippen LogP contribution >= 0.6 is 24.0 Å². The molecule has 1 fully saturated rings. The van der Waals surface area contributed by atoms with Gasteiger partial charge >= 0.3 is 0 Å². The van der Waals surface area contributed by atoms with Gasteiger partial charge in [0.2, 0.25) is 5.91 Å². The van der Waals surface area contributed by atoms with Gasteiger partial charge in [0.05, 0.1) is 0 Å². The summed E-state index contributed by atoms with van der Waals surface area (Å²) < 4.78 is 26.8. The summed E-state index contributed by atoms with van der Waals surface area (Å²) in [5.41, 5.74) is 0.253. The number of carbonyl (C=O) groups excluding carboxylic acids is 1. The predicted molar refractivity (Wildman–Crippen MR) is 109 cm³/mol. The zero-order chi connectivity index (χ0) is 18.2. The Bertz CT molecular complexity index is 621. The second kappa shape index (κ2) is 11.3. The molecule has 1 heterocycles. The summed E-state index contributed by atoms with van der Waals surface area (Å²) >= 11 is 0. The van der Waals surface area contributed by atoms with Gasteiger partial charge in [-0.2, -0.15) is 0 Å². The summed E-state index contributed by atoms with van der Waals surface area (Å²) in [4.78, 5) is 19.5. The van der Waals surface area contributed by atoms with Gasteiger partial charge < -0.3 is 15.5 Å². The van der Waals surface area contributed by atoms with Gasteiger partial charge in [-0.05, 0) is 18.2 Å². The Morgan fingerprint density at radius 2 is 1.88 bits per heavy atom. The largest absolute Gasteiger partial charge is 0.355 e. The van der Waals surface area contributed by atoms with Gasteiger partial charge in [-0.3, -0.25) is 14.7 Å². The third-order valence-electron chi connectivity index (χ3n) is 4.22. The van der Waals surface area contributed by atoms with E-state index in [0.717, 1.165) is 44.9 Å². The first-order valence-electron chi connectivity index (χ1n) is 8.36. The lowest BCUT2D eigenvalue weighted by Crippen LogP contribution is -2.50. The number of guanidine groups is 1. The molecule has 1 aliphatic rings. The van der Waals surface area contributed by atoms with Crippen LogP contribution in [0, 0.1) is 11.6 Å². The molecule has 0 unspecified atom stereocenters. The molecule has 0 bridgehead atoms. The van der Waals surface area contributed by atoms with Crippen molar-refractivity contribution in [3.8, 4) is 0 Å². The van der Waals surface area contributed by atoms with Gasteiger partial charge in [0.1, 0.15) is 11.6 Å². The lowest BCUT2D eigenvalue weighted by Gasteiger charge is -2.34. The first kappa shape index (κ1) is 22.6. The number of hydrogen-bond donors (Lipinski definition) is 2. The molecular formula is C17H26F2IN5O. The number of benzene rings is 1. The Balaban J connectivity index is 0.00000338. The summed E-state index contributed by atoms with van der Waals surface area (Å²) in [6.45, 7) is 6.44. The van der Waals surface area contributed by atoms with E-state index in [4.69, 9.17) is 0 Å². The Morgan fingerprint density at radius 3 is 2.50 bits per heavy atom. The van der Waals surface area contributed by atoms with Crippen LogP contribution in [0.3, 0.4) is 0 Å². The van der Waals surface area contributed by atoms with Gasteiger partial charge in [0.15, 0.2) is 5.96 Å². The number of carbonyl (C=O) groups is 1. The minimum Gasteiger partial charge on any atom is -0.355 e. The molecule has 9 heteroatoms. The quantitative estimate of drug-likeness (QED) is 0.380. The molecule has 0 aromatic heterocycles. The SMILES string of the molecule is CN=C(NCCN1CCN(C(C)=O)CC1)NCc1cc(F)ccc1F.I. The van der Waals surface area contributed by atoms with Crippen molar-refractivity contribution in [3.63, 3.8) is 0 Å². The van der Waals surface area contributed by atoms with Gasteiger partial charge in [-0.15, -0.1) is 24.0 Å². The molecule has 1 saturated heterocycles. The van der Waals surface area contributed by atoms with Crippen LogP contribution in [-0.2, 0) is 11.3 Å². The maximum absolute atomic E-state index is 13.6. The molecule has 1 aromatic rings. The summed E-state index contributed by atoms with van der Waals surface area (Å²) in [5, 5.41) is 6.13. The number of amides is 1. The molecule has 6 nitrogen and oxygen atoms in total. The topological polar surface area (TPSA) is 60.0 Å². The highest BCUT2D eigenvalue weighted by Crippen LogP contribution is 2.09. The van der Waals surface area contributed by atoms with Crippen molar-refractivity contribution < 1.29 is 13.6 Å². The van der Waals surface area contributed by atoms with Gasteiger partial charge in [-0.25, -0.2) is 8.78 Å². The number of hydrogen-bond acceptors (Lipinski definition) is 3. The zero-order valence-electron chi connectivity index (χ0n) is 15.1. The van der Waals surface area contributed by atoms with Crippen molar-refractivity contribution in [2.24, 2.45) is 4.99 Å². The average Bonchev–Trinajstić information content (AvgIpc) is 2.61. The molecule has 0 saturated carbocycles. The van der Waals surface area contributed by atoms with E-state index in [9.17, 15) is 13.6 Å². The molecular weight excluding hydrogens is 455 g/mol. The van der Waals surface area contributed by atoms with Crippen molar-refractivity contribution in [2.45, 2.75) is 13.5 Å². The highest BCUT2D eigenvalue weighted by atomic mass is 127. The molecule has 0 radical (unpaired) electrons. The van der Waals surface area contributed by atoms with Crippen LogP contribution in [-0.4, -0.2) is 68.0 Å². The minimum atomic E-state index is -0.467. The third-order valence-corrected chi connectivity index (χ3v) is 4.22. The number of piperazine rings is 1. The number of nitrogens with one attached hydrogen (secondary N) is 2. The first-order valence-corrected chi connectivity index (χ1v) is 8.36. The number of rotatable bonds is 5. The summed E-state index contributed by atoms with van der Waals surface area (Å²) in [5.74, 6) is -0.267. The molecule has 146 valence electrons. The fraction of sp³-hybridized carbons (Fsp3) is 0.529. The van der Waals surface area contributed by atoms with Crippen molar-refractivity contribution in [2.75, 3.05) is 46.3 Å². The Hall–Kier alpha value is -1.49. The van der Waals surface area contributed by atoms with Crippen molar-refractivity contribution in [1.29, 1.82) is 0 Å². The first-order chi connectivity index (χ1) is 12.0. The Morgan fingerprint density at radius 1 is 1.19 bits per heavy atom. The molecule has 2 rings (SSSR count). The van der Waals surface area contributed by atoms with E-state index in [0.29, 0.717) is 12.5 Å². The normalized spacial score (nSPS) is 15.4. The molecule has 0 atom stereocenters. The second-order valence-corrected chi connectivity index (χ2v) is 5.94. The second-order valence-electron chi connectivity index (χ2n) is 5.94. The maximum atomic E-state index is 13.6. The predicted octanol–water partition coefficient (Wildman–Crippen LogP) is 1.41. The van der Waals surface area contributed by atoms with Crippen LogP contribution in [0.1, 0.15) is 12.5 Å². The lowest BCUT2D eigenvalue weighted by atomic mass is 10.2. The highest BCUT2D eigenvalue weighted by Gasteiger charge is 2.17. The molecule has 1 aliphatic heterocycles. The van der Waals surface area contributed by atoms with Crippen LogP contribution < -0.4 is 10.6 Å². The van der Waals surface area contributed by atoms with Crippen LogP contribution in [0.4, 0.5) is 8.78 Å². The van der Waals surface area contributed by atoms with Crippen molar-refractivity contribution in [3.05, 3.63) is 35.4 Å². The fourth-order valence-corrected chi connectivity index (χ4v) is 2.70. The molecule has 1 aromatic carbocycles. The molecule has 26 heavy (non-hydrogen) atoms. The number of nitrogens with zero attached hydrogens (tertiary/aromatic N) is 3. The van der Waals surface area contributed by atoms with Crippen LogP contribution in [0.2, 0.25) is 0 Å². The Kier molecular flexibility index (Phi) is 9.78. The summed E-state index contributed by atoms with van der Waals surface area (Å²) in [7, 11) is 1.63. The third kappa shape index (κ3) is 7.02. The van der Waals surface area contributed by atoms with Crippen LogP contribution in [0.15, 0.2) is 23.2 Å². The standard InChI is InChI=1S/C17H25F2N5O.HI/c1-13(25)24-9-7-23(8-10-24)6-5-21-17(20-2)22-12-14-11-15(18)3-4-16(14)19;/h3-4,11H,5-10,12H2,1-2H3,(H2,20,21,22);1H. The van der Waals surface area contributed by atoms with E-state index in [1.54, 1.807) is 14.0 Å². The molecule has 2 N–H and O–H groups in total.